The summed E-state index contributed by atoms with van der Waals surface area (Å²) in [7, 11) is 0. The number of amides is 1. The molecule has 0 atom stereocenters. The van der Waals surface area contributed by atoms with E-state index in [9.17, 15) is 4.79 Å². The van der Waals surface area contributed by atoms with Gasteiger partial charge in [-0.1, -0.05) is 18.9 Å². The normalized spacial score (nSPS) is 15.7. The van der Waals surface area contributed by atoms with Crippen LogP contribution in [0.25, 0.3) is 0 Å². The summed E-state index contributed by atoms with van der Waals surface area (Å²) < 4.78 is 0. The summed E-state index contributed by atoms with van der Waals surface area (Å²) in [6.07, 6.45) is 8.86. The highest BCUT2D eigenvalue weighted by molar-refractivity contribution is 5.92. The molecule has 1 aliphatic heterocycles. The van der Waals surface area contributed by atoms with E-state index in [1.165, 1.54) is 31.2 Å². The average molecular weight is 326 g/mol. The largest absolute Gasteiger partial charge is 0.381 e. The van der Waals surface area contributed by atoms with Gasteiger partial charge in [0.2, 0.25) is 5.91 Å². The first kappa shape index (κ1) is 16.6. The number of aromatic nitrogens is 1. The van der Waals surface area contributed by atoms with E-state index in [0.29, 0.717) is 6.54 Å². The van der Waals surface area contributed by atoms with Crippen LogP contribution in [0.15, 0.2) is 42.7 Å². The van der Waals surface area contributed by atoms with Crippen molar-refractivity contribution in [3.8, 4) is 0 Å². The molecule has 24 heavy (non-hydrogen) atoms. The van der Waals surface area contributed by atoms with Gasteiger partial charge in [-0.15, -0.1) is 0 Å². The van der Waals surface area contributed by atoms with Crippen LogP contribution in [-0.4, -0.2) is 35.4 Å². The number of carbonyl (C=O) groups is 1. The van der Waals surface area contributed by atoms with Gasteiger partial charge in [-0.05, 0) is 55.8 Å². The minimum Gasteiger partial charge on any atom is -0.381 e. The van der Waals surface area contributed by atoms with Gasteiger partial charge in [0.25, 0.3) is 0 Å². The molecule has 3 rings (SSSR count). The van der Waals surface area contributed by atoms with Gasteiger partial charge < -0.3 is 15.6 Å². The smallest absolute Gasteiger partial charge is 0.238 e. The average Bonchev–Trinajstić information content (AvgIpc) is 2.97. The summed E-state index contributed by atoms with van der Waals surface area (Å²) >= 11 is 0. The zero-order valence-electron chi connectivity index (χ0n) is 14.1. The molecule has 0 spiro atoms. The Kier molecular flexibility index (Phi) is 5.90. The third-order valence-corrected chi connectivity index (χ3v) is 4.37. The van der Waals surface area contributed by atoms with Crippen molar-refractivity contribution in [2.45, 2.75) is 32.2 Å². The lowest BCUT2D eigenvalue weighted by Crippen LogP contribution is -2.33. The van der Waals surface area contributed by atoms with E-state index < -0.39 is 0 Å². The monoisotopic (exact) mass is 326 g/mol. The molecule has 128 valence electrons. The summed E-state index contributed by atoms with van der Waals surface area (Å²) in [5, 5.41) is 6.39. The van der Waals surface area contributed by atoms with Crippen molar-refractivity contribution in [1.29, 1.82) is 0 Å². The molecule has 1 fully saturated rings. The Morgan fingerprint density at radius 1 is 1.08 bits per heavy atom. The van der Waals surface area contributed by atoms with Crippen LogP contribution in [0.5, 0.6) is 0 Å². The molecule has 1 saturated heterocycles. The molecule has 2 aromatic rings. The molecule has 0 unspecified atom stereocenters. The Labute approximate surface area is 143 Å². The number of aromatic amines is 1. The van der Waals surface area contributed by atoms with Crippen LogP contribution in [0.3, 0.4) is 0 Å². The lowest BCUT2D eigenvalue weighted by Gasteiger charge is -2.19. The van der Waals surface area contributed by atoms with Crippen molar-refractivity contribution in [2.75, 3.05) is 30.3 Å². The maximum absolute atomic E-state index is 12.3. The number of nitrogens with one attached hydrogen (secondary N) is 3. The van der Waals surface area contributed by atoms with Crippen LogP contribution >= 0.6 is 0 Å². The summed E-state index contributed by atoms with van der Waals surface area (Å²) in [4.78, 5) is 17.6. The quantitative estimate of drug-likeness (QED) is 0.762. The molecule has 5 heteroatoms. The van der Waals surface area contributed by atoms with E-state index >= 15 is 0 Å². The summed E-state index contributed by atoms with van der Waals surface area (Å²) in [5.41, 5.74) is 3.04. The SMILES string of the molecule is O=C(CN1CCCCCC1)Nc1cccc(NCc2cc[nH]c2)c1. The van der Waals surface area contributed by atoms with Crippen LogP contribution in [0.4, 0.5) is 11.4 Å². The van der Waals surface area contributed by atoms with E-state index in [2.05, 4.69) is 20.5 Å². The number of hydrogen-bond acceptors (Lipinski definition) is 3. The van der Waals surface area contributed by atoms with Crippen molar-refractivity contribution in [2.24, 2.45) is 0 Å². The van der Waals surface area contributed by atoms with Gasteiger partial charge in [0.1, 0.15) is 0 Å². The Bertz CT molecular complexity index is 631. The number of nitrogens with zero attached hydrogens (tertiary/aromatic N) is 1. The molecule has 0 radical (unpaired) electrons. The van der Waals surface area contributed by atoms with Crippen molar-refractivity contribution >= 4 is 17.3 Å². The lowest BCUT2D eigenvalue weighted by molar-refractivity contribution is -0.117. The van der Waals surface area contributed by atoms with Gasteiger partial charge in [0.15, 0.2) is 0 Å². The molecule has 1 aromatic heterocycles. The maximum atomic E-state index is 12.3. The number of carbonyl (C=O) groups excluding carboxylic acids is 1. The first-order valence-electron chi connectivity index (χ1n) is 8.77. The second-order valence-corrected chi connectivity index (χ2v) is 6.39. The van der Waals surface area contributed by atoms with E-state index in [-0.39, 0.29) is 5.91 Å². The molecule has 0 aliphatic carbocycles. The molecule has 1 amide bonds. The summed E-state index contributed by atoms with van der Waals surface area (Å²) in [5.74, 6) is 0.0692. The fourth-order valence-electron chi connectivity index (χ4n) is 3.08. The van der Waals surface area contributed by atoms with Gasteiger partial charge in [-0.25, -0.2) is 0 Å². The first-order chi connectivity index (χ1) is 11.8. The highest BCUT2D eigenvalue weighted by Gasteiger charge is 2.13. The van der Waals surface area contributed by atoms with E-state index in [0.717, 1.165) is 31.0 Å². The Morgan fingerprint density at radius 3 is 2.62 bits per heavy atom. The van der Waals surface area contributed by atoms with Crippen LogP contribution in [0.2, 0.25) is 0 Å². The predicted molar refractivity (Wildman–Crippen MR) is 98.1 cm³/mol. The minimum atomic E-state index is 0.0692. The first-order valence-corrected chi connectivity index (χ1v) is 8.77. The van der Waals surface area contributed by atoms with Crippen molar-refractivity contribution in [3.63, 3.8) is 0 Å². The molecule has 0 bridgehead atoms. The Morgan fingerprint density at radius 2 is 1.88 bits per heavy atom. The molecule has 3 N–H and O–H groups in total. The van der Waals surface area contributed by atoms with Crippen molar-refractivity contribution in [3.05, 3.63) is 48.3 Å². The molecule has 1 aliphatic rings. The number of benzene rings is 1. The molecule has 0 saturated carbocycles. The van der Waals surface area contributed by atoms with Gasteiger partial charge in [-0.3, -0.25) is 9.69 Å². The topological polar surface area (TPSA) is 60.2 Å². The number of hydrogen-bond donors (Lipinski definition) is 3. The molecular weight excluding hydrogens is 300 g/mol. The van der Waals surface area contributed by atoms with Crippen LogP contribution in [0.1, 0.15) is 31.2 Å². The highest BCUT2D eigenvalue weighted by Crippen LogP contribution is 2.16. The minimum absolute atomic E-state index is 0.0692. The van der Waals surface area contributed by atoms with Crippen molar-refractivity contribution in [1.82, 2.24) is 9.88 Å². The summed E-state index contributed by atoms with van der Waals surface area (Å²) in [6, 6.07) is 9.92. The molecule has 1 aromatic carbocycles. The lowest BCUT2D eigenvalue weighted by atomic mass is 10.2. The zero-order chi connectivity index (χ0) is 16.6. The van der Waals surface area contributed by atoms with Gasteiger partial charge in [0, 0.05) is 30.3 Å². The third-order valence-electron chi connectivity index (χ3n) is 4.37. The highest BCUT2D eigenvalue weighted by atomic mass is 16.2. The molecular formula is C19H26N4O. The fraction of sp³-hybridized carbons (Fsp3) is 0.421. The van der Waals surface area contributed by atoms with Gasteiger partial charge in [-0.2, -0.15) is 0 Å². The summed E-state index contributed by atoms with van der Waals surface area (Å²) in [6.45, 7) is 3.31. The maximum Gasteiger partial charge on any atom is 0.238 e. The van der Waals surface area contributed by atoms with E-state index in [4.69, 9.17) is 0 Å². The number of rotatable bonds is 6. The van der Waals surface area contributed by atoms with Crippen LogP contribution < -0.4 is 10.6 Å². The predicted octanol–water partition coefficient (Wildman–Crippen LogP) is 3.44. The van der Waals surface area contributed by atoms with Gasteiger partial charge >= 0.3 is 0 Å². The Balaban J connectivity index is 1.50. The van der Waals surface area contributed by atoms with Crippen molar-refractivity contribution < 1.29 is 4.79 Å². The Hall–Kier alpha value is -2.27. The molecule has 5 nitrogen and oxygen atoms in total. The van der Waals surface area contributed by atoms with E-state index in [1.807, 2.05) is 42.7 Å². The number of anilines is 2. The molecule has 2 heterocycles. The second kappa shape index (κ2) is 8.55. The number of H-pyrrole nitrogens is 1. The standard InChI is InChI=1S/C19H26N4O/c24-19(15-23-10-3-1-2-4-11-23)22-18-7-5-6-17(12-18)21-14-16-8-9-20-13-16/h5-9,12-13,20-21H,1-4,10-11,14-15H2,(H,22,24). The van der Waals surface area contributed by atoms with Crippen LogP contribution in [0, 0.1) is 0 Å². The van der Waals surface area contributed by atoms with Crippen LogP contribution in [-0.2, 0) is 11.3 Å². The second-order valence-electron chi connectivity index (χ2n) is 6.39. The zero-order valence-corrected chi connectivity index (χ0v) is 14.1. The van der Waals surface area contributed by atoms with E-state index in [1.54, 1.807) is 0 Å². The fourth-order valence-corrected chi connectivity index (χ4v) is 3.08. The van der Waals surface area contributed by atoms with Gasteiger partial charge in [0.05, 0.1) is 6.54 Å². The number of likely N-dealkylation sites (tertiary alicyclic amines) is 1. The third kappa shape index (κ3) is 5.13.